The Kier molecular flexibility index (Phi) is 4.01. The molecule has 1 aliphatic rings. The summed E-state index contributed by atoms with van der Waals surface area (Å²) in [7, 11) is -1.97. The molecule has 1 aliphatic carbocycles. The van der Waals surface area contributed by atoms with Gasteiger partial charge in [-0.25, -0.2) is 17.5 Å². The second-order valence-electron chi connectivity index (χ2n) is 6.11. The Balaban J connectivity index is 1.95. The normalized spacial score (nSPS) is 16.5. The van der Waals surface area contributed by atoms with E-state index in [2.05, 4.69) is 9.82 Å². The number of sulfonamides is 1. The lowest BCUT2D eigenvalue weighted by Crippen LogP contribution is -2.30. The van der Waals surface area contributed by atoms with E-state index in [1.54, 1.807) is 37.7 Å². The Hall–Kier alpha value is -1.73. The summed E-state index contributed by atoms with van der Waals surface area (Å²) in [5, 5.41) is 4.18. The maximum Gasteiger partial charge on any atom is 0.244 e. The molecule has 124 valence electrons. The maximum atomic E-state index is 13.1. The number of aromatic nitrogens is 2. The van der Waals surface area contributed by atoms with E-state index in [9.17, 15) is 12.8 Å². The largest absolute Gasteiger partial charge is 0.271 e. The monoisotopic (exact) mass is 337 g/mol. The van der Waals surface area contributed by atoms with Crippen molar-refractivity contribution in [1.29, 1.82) is 0 Å². The first-order valence-electron chi connectivity index (χ1n) is 7.57. The number of hydrogen-bond acceptors (Lipinski definition) is 3. The zero-order valence-electron chi connectivity index (χ0n) is 13.4. The molecule has 5 nitrogen and oxygen atoms in total. The van der Waals surface area contributed by atoms with E-state index in [0.29, 0.717) is 11.4 Å². The molecular formula is C16H20FN3O2S. The minimum atomic E-state index is -3.69. The van der Waals surface area contributed by atoms with Crippen molar-refractivity contribution < 1.29 is 12.8 Å². The van der Waals surface area contributed by atoms with Gasteiger partial charge in [-0.2, -0.15) is 5.10 Å². The molecule has 0 radical (unpaired) electrons. The van der Waals surface area contributed by atoms with Crippen LogP contribution in [-0.2, 0) is 17.1 Å². The second kappa shape index (κ2) is 5.72. The molecule has 0 unspecified atom stereocenters. The summed E-state index contributed by atoms with van der Waals surface area (Å²) in [6, 6.07) is 5.67. The molecule has 1 fully saturated rings. The van der Waals surface area contributed by atoms with E-state index in [0.717, 1.165) is 18.4 Å². The Morgan fingerprint density at radius 1 is 1.26 bits per heavy atom. The van der Waals surface area contributed by atoms with Gasteiger partial charge in [-0.05, 0) is 50.3 Å². The second-order valence-corrected chi connectivity index (χ2v) is 7.76. The Bertz CT molecular complexity index is 824. The number of benzene rings is 1. The van der Waals surface area contributed by atoms with Crippen LogP contribution in [-0.4, -0.2) is 18.2 Å². The van der Waals surface area contributed by atoms with Gasteiger partial charge in [0.25, 0.3) is 0 Å². The molecule has 2 aromatic rings. The number of aryl methyl sites for hydroxylation is 2. The first-order valence-corrected chi connectivity index (χ1v) is 9.06. The van der Waals surface area contributed by atoms with Gasteiger partial charge in [0.2, 0.25) is 10.0 Å². The molecule has 0 spiro atoms. The van der Waals surface area contributed by atoms with Crippen LogP contribution in [0.1, 0.15) is 35.8 Å². The molecule has 0 saturated heterocycles. The fourth-order valence-electron chi connectivity index (χ4n) is 2.91. The predicted octanol–water partition coefficient (Wildman–Crippen LogP) is 2.61. The number of nitrogens with zero attached hydrogens (tertiary/aromatic N) is 2. The quantitative estimate of drug-likeness (QED) is 0.912. The first kappa shape index (κ1) is 16.1. The van der Waals surface area contributed by atoms with Crippen molar-refractivity contribution in [2.45, 2.75) is 37.6 Å². The van der Waals surface area contributed by atoms with Crippen LogP contribution in [0.4, 0.5) is 4.39 Å². The van der Waals surface area contributed by atoms with Crippen LogP contribution in [0.25, 0.3) is 0 Å². The van der Waals surface area contributed by atoms with Crippen molar-refractivity contribution in [3.05, 3.63) is 47.0 Å². The lowest BCUT2D eigenvalue weighted by atomic mass is 10.0. The average molecular weight is 337 g/mol. The molecule has 0 amide bonds. The highest BCUT2D eigenvalue weighted by atomic mass is 32.2. The molecular weight excluding hydrogens is 317 g/mol. The molecule has 1 aromatic heterocycles. The van der Waals surface area contributed by atoms with Gasteiger partial charge in [0, 0.05) is 13.1 Å². The average Bonchev–Trinajstić information content (AvgIpc) is 3.26. The van der Waals surface area contributed by atoms with E-state index in [-0.39, 0.29) is 22.7 Å². The maximum absolute atomic E-state index is 13.1. The molecule has 23 heavy (non-hydrogen) atoms. The highest BCUT2D eigenvalue weighted by Gasteiger charge is 2.36. The molecule has 1 N–H and O–H groups in total. The van der Waals surface area contributed by atoms with E-state index in [1.807, 2.05) is 0 Å². The van der Waals surface area contributed by atoms with E-state index in [4.69, 9.17) is 0 Å². The highest BCUT2D eigenvalue weighted by Crippen LogP contribution is 2.42. The molecule has 3 rings (SSSR count). The SMILES string of the molecule is Cc1nn(C)c(C)c1S(=O)(=O)N[C@H](c1ccc(F)cc1)C1CC1. The van der Waals surface area contributed by atoms with Gasteiger partial charge in [0.15, 0.2) is 0 Å². The third kappa shape index (κ3) is 3.16. The van der Waals surface area contributed by atoms with Gasteiger partial charge >= 0.3 is 0 Å². The minimum Gasteiger partial charge on any atom is -0.271 e. The van der Waals surface area contributed by atoms with Crippen molar-refractivity contribution in [3.8, 4) is 0 Å². The third-order valence-electron chi connectivity index (χ3n) is 4.32. The van der Waals surface area contributed by atoms with Crippen molar-refractivity contribution >= 4 is 10.0 Å². The van der Waals surface area contributed by atoms with Crippen molar-refractivity contribution in [2.24, 2.45) is 13.0 Å². The van der Waals surface area contributed by atoms with Crippen molar-refractivity contribution in [2.75, 3.05) is 0 Å². The molecule has 0 aliphatic heterocycles. The minimum absolute atomic E-state index is 0.229. The third-order valence-corrected chi connectivity index (χ3v) is 6.01. The Labute approximate surface area is 135 Å². The fourth-order valence-corrected chi connectivity index (χ4v) is 4.64. The number of halogens is 1. The van der Waals surface area contributed by atoms with E-state index < -0.39 is 10.0 Å². The van der Waals surface area contributed by atoms with Crippen LogP contribution in [0.15, 0.2) is 29.2 Å². The van der Waals surface area contributed by atoms with Gasteiger partial charge in [0.05, 0.1) is 11.4 Å². The van der Waals surface area contributed by atoms with Gasteiger partial charge in [-0.3, -0.25) is 4.68 Å². The van der Waals surface area contributed by atoms with Crippen LogP contribution >= 0.6 is 0 Å². The molecule has 1 atom stereocenters. The van der Waals surface area contributed by atoms with Crippen LogP contribution in [0.3, 0.4) is 0 Å². The van der Waals surface area contributed by atoms with Crippen molar-refractivity contribution in [3.63, 3.8) is 0 Å². The Morgan fingerprint density at radius 2 is 1.87 bits per heavy atom. The first-order chi connectivity index (χ1) is 10.8. The number of rotatable bonds is 5. The number of hydrogen-bond donors (Lipinski definition) is 1. The summed E-state index contributed by atoms with van der Waals surface area (Å²) in [5.74, 6) is -0.0716. The summed E-state index contributed by atoms with van der Waals surface area (Å²) in [6.45, 7) is 3.42. The van der Waals surface area contributed by atoms with Crippen molar-refractivity contribution in [1.82, 2.24) is 14.5 Å². The molecule has 7 heteroatoms. The van der Waals surface area contributed by atoms with Crippen LogP contribution in [0, 0.1) is 25.6 Å². The summed E-state index contributed by atoms with van der Waals surface area (Å²) in [4.78, 5) is 0.229. The summed E-state index contributed by atoms with van der Waals surface area (Å²) < 4.78 is 43.2. The zero-order valence-corrected chi connectivity index (χ0v) is 14.2. The topological polar surface area (TPSA) is 64.0 Å². The van der Waals surface area contributed by atoms with Gasteiger partial charge in [-0.1, -0.05) is 12.1 Å². The van der Waals surface area contributed by atoms with E-state index in [1.165, 1.54) is 12.1 Å². The van der Waals surface area contributed by atoms with Gasteiger partial charge in [0.1, 0.15) is 10.7 Å². The van der Waals surface area contributed by atoms with E-state index >= 15 is 0 Å². The highest BCUT2D eigenvalue weighted by molar-refractivity contribution is 7.89. The molecule has 0 bridgehead atoms. The zero-order chi connectivity index (χ0) is 16.8. The van der Waals surface area contributed by atoms with Crippen LogP contribution in [0.5, 0.6) is 0 Å². The lowest BCUT2D eigenvalue weighted by molar-refractivity contribution is 0.527. The summed E-state index contributed by atoms with van der Waals surface area (Å²) in [5.41, 5.74) is 1.87. The van der Waals surface area contributed by atoms with Crippen LogP contribution < -0.4 is 4.72 Å². The standard InChI is InChI=1S/C16H20FN3O2S/c1-10-16(11(2)20(3)18-10)23(21,22)19-15(12-4-5-12)13-6-8-14(17)9-7-13/h6-9,12,15,19H,4-5H2,1-3H3/t15-/m0/s1. The van der Waals surface area contributed by atoms with Crippen LogP contribution in [0.2, 0.25) is 0 Å². The molecule has 1 heterocycles. The molecule has 1 saturated carbocycles. The number of nitrogens with one attached hydrogen (secondary N) is 1. The smallest absolute Gasteiger partial charge is 0.244 e. The van der Waals surface area contributed by atoms with Gasteiger partial charge < -0.3 is 0 Å². The fraction of sp³-hybridized carbons (Fsp3) is 0.438. The summed E-state index contributed by atoms with van der Waals surface area (Å²) in [6.07, 6.45) is 1.94. The lowest BCUT2D eigenvalue weighted by Gasteiger charge is -2.19. The Morgan fingerprint density at radius 3 is 2.35 bits per heavy atom. The molecule has 1 aromatic carbocycles. The predicted molar refractivity (Wildman–Crippen MR) is 84.9 cm³/mol. The van der Waals surface area contributed by atoms with Gasteiger partial charge in [-0.15, -0.1) is 0 Å². The summed E-state index contributed by atoms with van der Waals surface area (Å²) >= 11 is 0.